The quantitative estimate of drug-likeness (QED) is 0.872. The maximum atomic E-state index is 9.65. The lowest BCUT2D eigenvalue weighted by molar-refractivity contribution is 0.412. The van der Waals surface area contributed by atoms with E-state index in [1.54, 1.807) is 6.07 Å². The van der Waals surface area contributed by atoms with E-state index in [0.717, 1.165) is 12.8 Å². The molecule has 0 saturated heterocycles. The Kier molecular flexibility index (Phi) is 3.98. The molecule has 2 aromatic carbocycles. The van der Waals surface area contributed by atoms with Gasteiger partial charge in [-0.25, -0.2) is 0 Å². The molecule has 0 heterocycles. The van der Waals surface area contributed by atoms with Crippen molar-refractivity contribution in [1.29, 1.82) is 0 Å². The molecule has 0 aliphatic heterocycles. The fourth-order valence-corrected chi connectivity index (χ4v) is 3.44. The molecule has 0 aromatic heterocycles. The molecule has 2 heteroatoms. The third-order valence-corrected chi connectivity index (χ3v) is 4.55. The van der Waals surface area contributed by atoms with Crippen molar-refractivity contribution < 1.29 is 5.11 Å². The number of phenols is 1. The normalized spacial score (nSPS) is 19.0. The topological polar surface area (TPSA) is 32.3 Å². The lowest BCUT2D eigenvalue weighted by Gasteiger charge is -2.30. The molecule has 3 rings (SSSR count). The molecule has 0 radical (unpaired) electrons. The maximum Gasteiger partial charge on any atom is 0.115 e. The molecule has 2 atom stereocenters. The zero-order valence-corrected chi connectivity index (χ0v) is 12.8. The van der Waals surface area contributed by atoms with Crippen LogP contribution in [0.3, 0.4) is 0 Å². The van der Waals surface area contributed by atoms with Crippen LogP contribution in [-0.2, 0) is 6.42 Å². The second-order valence-corrected chi connectivity index (χ2v) is 6.07. The van der Waals surface area contributed by atoms with Crippen LogP contribution in [0.25, 0.3) is 0 Å². The van der Waals surface area contributed by atoms with Crippen molar-refractivity contribution in [2.75, 3.05) is 0 Å². The molecule has 2 aromatic rings. The Morgan fingerprint density at radius 3 is 2.81 bits per heavy atom. The number of aryl methyl sites for hydroxylation is 2. The van der Waals surface area contributed by atoms with Gasteiger partial charge in [-0.2, -0.15) is 0 Å². The molecule has 0 bridgehead atoms. The first-order chi connectivity index (χ1) is 10.1. The van der Waals surface area contributed by atoms with Crippen LogP contribution in [0.5, 0.6) is 5.75 Å². The highest BCUT2D eigenvalue weighted by Gasteiger charge is 2.22. The first-order valence-electron chi connectivity index (χ1n) is 7.78. The molecular formula is C19H23NO. The van der Waals surface area contributed by atoms with E-state index in [4.69, 9.17) is 0 Å². The van der Waals surface area contributed by atoms with Crippen LogP contribution in [0.2, 0.25) is 0 Å². The minimum atomic E-state index is 0.330. The van der Waals surface area contributed by atoms with Crippen LogP contribution in [0.15, 0.2) is 42.5 Å². The summed E-state index contributed by atoms with van der Waals surface area (Å²) in [7, 11) is 0. The SMILES string of the molecule is Cc1ccccc1[C@H](C)NC1CCCc2cc(O)ccc21. The third kappa shape index (κ3) is 2.96. The minimum Gasteiger partial charge on any atom is -0.508 e. The number of hydrogen-bond donors (Lipinski definition) is 2. The van der Waals surface area contributed by atoms with Gasteiger partial charge in [-0.3, -0.25) is 0 Å². The summed E-state index contributed by atoms with van der Waals surface area (Å²) in [4.78, 5) is 0. The molecule has 2 N–H and O–H groups in total. The van der Waals surface area contributed by atoms with Crippen molar-refractivity contribution in [1.82, 2.24) is 5.32 Å². The fourth-order valence-electron chi connectivity index (χ4n) is 3.44. The van der Waals surface area contributed by atoms with Crippen molar-refractivity contribution >= 4 is 0 Å². The minimum absolute atomic E-state index is 0.330. The monoisotopic (exact) mass is 281 g/mol. The van der Waals surface area contributed by atoms with Gasteiger partial charge in [0.05, 0.1) is 0 Å². The number of phenolic OH excluding ortho intramolecular Hbond substituents is 1. The Hall–Kier alpha value is -1.80. The second kappa shape index (κ2) is 5.90. The van der Waals surface area contributed by atoms with E-state index in [0.29, 0.717) is 17.8 Å². The summed E-state index contributed by atoms with van der Waals surface area (Å²) >= 11 is 0. The van der Waals surface area contributed by atoms with Crippen molar-refractivity contribution in [3.8, 4) is 5.75 Å². The predicted octanol–water partition coefficient (Wildman–Crippen LogP) is 4.43. The highest BCUT2D eigenvalue weighted by molar-refractivity contribution is 5.39. The predicted molar refractivity (Wildman–Crippen MR) is 86.5 cm³/mol. The second-order valence-electron chi connectivity index (χ2n) is 6.07. The van der Waals surface area contributed by atoms with Crippen LogP contribution in [0, 0.1) is 6.92 Å². The number of nitrogens with one attached hydrogen (secondary N) is 1. The molecule has 110 valence electrons. The van der Waals surface area contributed by atoms with E-state index in [1.807, 2.05) is 6.07 Å². The van der Waals surface area contributed by atoms with Gasteiger partial charge in [-0.05, 0) is 67.5 Å². The van der Waals surface area contributed by atoms with E-state index in [1.165, 1.54) is 28.7 Å². The highest BCUT2D eigenvalue weighted by Crippen LogP contribution is 2.33. The Labute approximate surface area is 126 Å². The molecule has 1 aliphatic carbocycles. The van der Waals surface area contributed by atoms with Gasteiger partial charge in [0.25, 0.3) is 0 Å². The number of rotatable bonds is 3. The summed E-state index contributed by atoms with van der Waals surface area (Å²) in [6.45, 7) is 4.40. The number of aromatic hydroxyl groups is 1. The van der Waals surface area contributed by atoms with Gasteiger partial charge in [0, 0.05) is 12.1 Å². The summed E-state index contributed by atoms with van der Waals surface area (Å²) in [5.41, 5.74) is 5.33. The fraction of sp³-hybridized carbons (Fsp3) is 0.368. The summed E-state index contributed by atoms with van der Waals surface area (Å²) in [5.74, 6) is 0.376. The van der Waals surface area contributed by atoms with Crippen molar-refractivity contribution in [2.45, 2.75) is 45.2 Å². The molecule has 21 heavy (non-hydrogen) atoms. The first-order valence-corrected chi connectivity index (χ1v) is 7.78. The Morgan fingerprint density at radius 2 is 2.00 bits per heavy atom. The lowest BCUT2D eigenvalue weighted by atomic mass is 9.86. The molecule has 0 fully saturated rings. The Morgan fingerprint density at radius 1 is 1.19 bits per heavy atom. The van der Waals surface area contributed by atoms with E-state index in [-0.39, 0.29) is 0 Å². The summed E-state index contributed by atoms with van der Waals surface area (Å²) in [5, 5.41) is 13.4. The van der Waals surface area contributed by atoms with E-state index in [2.05, 4.69) is 49.5 Å². The Bertz CT molecular complexity index is 635. The molecule has 0 saturated carbocycles. The molecule has 0 amide bonds. The van der Waals surface area contributed by atoms with Gasteiger partial charge in [0.15, 0.2) is 0 Å². The summed E-state index contributed by atoms with van der Waals surface area (Å²) in [6, 6.07) is 15.1. The van der Waals surface area contributed by atoms with Crippen LogP contribution in [0.4, 0.5) is 0 Å². The third-order valence-electron chi connectivity index (χ3n) is 4.55. The molecular weight excluding hydrogens is 258 g/mol. The van der Waals surface area contributed by atoms with Crippen molar-refractivity contribution in [2.24, 2.45) is 0 Å². The van der Waals surface area contributed by atoms with Crippen LogP contribution < -0.4 is 5.32 Å². The van der Waals surface area contributed by atoms with E-state index >= 15 is 0 Å². The molecule has 2 nitrogen and oxygen atoms in total. The zero-order chi connectivity index (χ0) is 14.8. The summed E-state index contributed by atoms with van der Waals surface area (Å²) in [6.07, 6.45) is 3.41. The number of hydrogen-bond acceptors (Lipinski definition) is 2. The molecule has 0 spiro atoms. The number of fused-ring (bicyclic) bond motifs is 1. The standard InChI is InChI=1S/C19H23NO/c1-13-6-3-4-8-17(13)14(2)20-19-9-5-7-15-12-16(21)10-11-18(15)19/h3-4,6,8,10-12,14,19-21H,5,7,9H2,1-2H3/t14-,19?/m0/s1. The zero-order valence-electron chi connectivity index (χ0n) is 12.8. The largest absolute Gasteiger partial charge is 0.508 e. The number of benzene rings is 2. The Balaban J connectivity index is 1.82. The highest BCUT2D eigenvalue weighted by atomic mass is 16.3. The van der Waals surface area contributed by atoms with Crippen LogP contribution >= 0.6 is 0 Å². The smallest absolute Gasteiger partial charge is 0.115 e. The van der Waals surface area contributed by atoms with Crippen molar-refractivity contribution in [3.05, 3.63) is 64.7 Å². The average molecular weight is 281 g/mol. The summed E-state index contributed by atoms with van der Waals surface area (Å²) < 4.78 is 0. The van der Waals surface area contributed by atoms with Gasteiger partial charge in [-0.15, -0.1) is 0 Å². The van der Waals surface area contributed by atoms with Crippen molar-refractivity contribution in [3.63, 3.8) is 0 Å². The van der Waals surface area contributed by atoms with Gasteiger partial charge in [0.1, 0.15) is 5.75 Å². The average Bonchev–Trinajstić information content (AvgIpc) is 2.47. The first kappa shape index (κ1) is 14.2. The van der Waals surface area contributed by atoms with Gasteiger partial charge < -0.3 is 10.4 Å². The maximum absolute atomic E-state index is 9.65. The lowest BCUT2D eigenvalue weighted by Crippen LogP contribution is -2.28. The van der Waals surface area contributed by atoms with Gasteiger partial charge in [0.2, 0.25) is 0 Å². The van der Waals surface area contributed by atoms with E-state index in [9.17, 15) is 5.11 Å². The molecule has 1 unspecified atom stereocenters. The van der Waals surface area contributed by atoms with Gasteiger partial charge >= 0.3 is 0 Å². The molecule has 1 aliphatic rings. The van der Waals surface area contributed by atoms with Gasteiger partial charge in [-0.1, -0.05) is 30.3 Å². The van der Waals surface area contributed by atoms with Crippen LogP contribution in [-0.4, -0.2) is 5.11 Å². The van der Waals surface area contributed by atoms with E-state index < -0.39 is 0 Å². The van der Waals surface area contributed by atoms with Crippen LogP contribution in [0.1, 0.15) is 54.1 Å².